The third kappa shape index (κ3) is 1.84. The van der Waals surface area contributed by atoms with Gasteiger partial charge in [-0.1, -0.05) is 18.2 Å². The van der Waals surface area contributed by atoms with Gasteiger partial charge in [-0.2, -0.15) is 5.10 Å². The number of aliphatic hydroxyl groups is 1. The van der Waals surface area contributed by atoms with Crippen LogP contribution in [-0.2, 0) is 22.5 Å². The maximum absolute atomic E-state index is 12.2. The largest absolute Gasteiger partial charge is 0.379 e. The predicted molar refractivity (Wildman–Crippen MR) is 77.0 cm³/mol. The van der Waals surface area contributed by atoms with E-state index in [9.17, 15) is 13.5 Å². The summed E-state index contributed by atoms with van der Waals surface area (Å²) in [5, 5.41) is 15.2. The van der Waals surface area contributed by atoms with Gasteiger partial charge in [0.1, 0.15) is 5.60 Å². The summed E-state index contributed by atoms with van der Waals surface area (Å²) in [7, 11) is -1.61. The Morgan fingerprint density at radius 3 is 2.75 bits per heavy atom. The number of halogens is 1. The fourth-order valence-corrected chi connectivity index (χ4v) is 5.05. The van der Waals surface area contributed by atoms with Gasteiger partial charge in [0.05, 0.1) is 27.0 Å². The van der Waals surface area contributed by atoms with Crippen molar-refractivity contribution in [3.8, 4) is 0 Å². The maximum atomic E-state index is 12.2. The first-order valence-corrected chi connectivity index (χ1v) is 8.53. The van der Waals surface area contributed by atoms with Crippen LogP contribution in [0.1, 0.15) is 17.7 Å². The number of fused-ring (bicyclic) bond motifs is 1. The van der Waals surface area contributed by atoms with Gasteiger partial charge in [0.15, 0.2) is 9.84 Å². The molecule has 2 heterocycles. The summed E-state index contributed by atoms with van der Waals surface area (Å²) in [5.41, 5.74) is -0.373. The van der Waals surface area contributed by atoms with Crippen LogP contribution >= 0.6 is 15.9 Å². The van der Waals surface area contributed by atoms with Crippen LogP contribution in [0, 0.1) is 0 Å². The Balaban J connectivity index is 2.32. The topological polar surface area (TPSA) is 72.2 Å². The molecule has 20 heavy (non-hydrogen) atoms. The monoisotopic (exact) mass is 356 g/mol. The lowest BCUT2D eigenvalue weighted by atomic mass is 9.87. The van der Waals surface area contributed by atoms with Crippen molar-refractivity contribution >= 4 is 25.8 Å². The molecule has 7 heteroatoms. The minimum absolute atomic E-state index is 0.0852. The summed E-state index contributed by atoms with van der Waals surface area (Å²) in [4.78, 5) is 0.196. The predicted octanol–water partition coefficient (Wildman–Crippen LogP) is 1.60. The molecule has 0 spiro atoms. The van der Waals surface area contributed by atoms with Gasteiger partial charge in [0.25, 0.3) is 0 Å². The van der Waals surface area contributed by atoms with Gasteiger partial charge in [-0.25, -0.2) is 8.42 Å². The van der Waals surface area contributed by atoms with Crippen molar-refractivity contribution in [3.05, 3.63) is 46.2 Å². The number of aromatic nitrogens is 2. The highest BCUT2D eigenvalue weighted by Crippen LogP contribution is 2.43. The van der Waals surface area contributed by atoms with E-state index in [0.717, 1.165) is 0 Å². The van der Waals surface area contributed by atoms with E-state index < -0.39 is 15.4 Å². The van der Waals surface area contributed by atoms with Crippen LogP contribution in [0.4, 0.5) is 0 Å². The molecule has 1 aliphatic rings. The zero-order chi connectivity index (χ0) is 14.5. The molecule has 1 aromatic heterocycles. The molecule has 5 nitrogen and oxygen atoms in total. The van der Waals surface area contributed by atoms with Crippen molar-refractivity contribution in [1.82, 2.24) is 9.78 Å². The molecule has 1 unspecified atom stereocenters. The molecular formula is C13H13BrN2O3S. The summed E-state index contributed by atoms with van der Waals surface area (Å²) < 4.78 is 26.5. The summed E-state index contributed by atoms with van der Waals surface area (Å²) >= 11 is 3.38. The summed E-state index contributed by atoms with van der Waals surface area (Å²) in [6.07, 6.45) is 1.71. The van der Waals surface area contributed by atoms with Gasteiger partial charge in [-0.15, -0.1) is 0 Å². The standard InChI is InChI=1S/C13H13BrN2O3S/c1-16-12(10(14)8-15-16)13(17)6-7-20(18,19)11-5-3-2-4-9(11)13/h2-5,8,17H,6-7H2,1H3. The molecule has 0 fully saturated rings. The van der Waals surface area contributed by atoms with E-state index in [1.54, 1.807) is 42.2 Å². The Morgan fingerprint density at radius 1 is 1.40 bits per heavy atom. The van der Waals surface area contributed by atoms with E-state index in [2.05, 4.69) is 21.0 Å². The van der Waals surface area contributed by atoms with E-state index >= 15 is 0 Å². The fourth-order valence-electron chi connectivity index (χ4n) is 2.73. The minimum Gasteiger partial charge on any atom is -0.379 e. The zero-order valence-electron chi connectivity index (χ0n) is 10.7. The van der Waals surface area contributed by atoms with E-state index in [4.69, 9.17) is 0 Å². The van der Waals surface area contributed by atoms with Crippen molar-refractivity contribution in [1.29, 1.82) is 0 Å². The van der Waals surface area contributed by atoms with Crippen LogP contribution in [-0.4, -0.2) is 29.1 Å². The molecule has 0 saturated heterocycles. The fraction of sp³-hybridized carbons (Fsp3) is 0.308. The third-order valence-corrected chi connectivity index (χ3v) is 6.03. The quantitative estimate of drug-likeness (QED) is 0.842. The SMILES string of the molecule is Cn1ncc(Br)c1C1(O)CCS(=O)(=O)c2ccccc21. The van der Waals surface area contributed by atoms with Gasteiger partial charge in [-0.3, -0.25) is 4.68 Å². The Bertz CT molecular complexity index is 765. The van der Waals surface area contributed by atoms with E-state index in [0.29, 0.717) is 15.7 Å². The van der Waals surface area contributed by atoms with Gasteiger partial charge < -0.3 is 5.11 Å². The number of hydrogen-bond acceptors (Lipinski definition) is 4. The highest BCUT2D eigenvalue weighted by molar-refractivity contribution is 9.10. The summed E-state index contributed by atoms with van der Waals surface area (Å²) in [5.74, 6) is -0.0852. The summed E-state index contributed by atoms with van der Waals surface area (Å²) in [6, 6.07) is 6.60. The van der Waals surface area contributed by atoms with Crippen LogP contribution in [0.5, 0.6) is 0 Å². The van der Waals surface area contributed by atoms with E-state index in [1.807, 2.05) is 0 Å². The van der Waals surface area contributed by atoms with E-state index in [1.165, 1.54) is 0 Å². The first-order valence-electron chi connectivity index (χ1n) is 6.09. The number of hydrogen-bond donors (Lipinski definition) is 1. The van der Waals surface area contributed by atoms with Crippen molar-refractivity contribution < 1.29 is 13.5 Å². The number of aryl methyl sites for hydroxylation is 1. The van der Waals surface area contributed by atoms with Crippen LogP contribution in [0.2, 0.25) is 0 Å². The first kappa shape index (κ1) is 13.8. The molecule has 0 amide bonds. The summed E-state index contributed by atoms with van der Waals surface area (Å²) in [6.45, 7) is 0. The highest BCUT2D eigenvalue weighted by Gasteiger charge is 2.44. The molecule has 0 saturated carbocycles. The molecule has 1 N–H and O–H groups in total. The second kappa shape index (κ2) is 4.41. The lowest BCUT2D eigenvalue weighted by molar-refractivity contribution is 0.0623. The molecule has 1 atom stereocenters. The smallest absolute Gasteiger partial charge is 0.178 e. The second-order valence-electron chi connectivity index (χ2n) is 4.89. The van der Waals surface area contributed by atoms with Crippen LogP contribution in [0.3, 0.4) is 0 Å². The van der Waals surface area contributed by atoms with Gasteiger partial charge in [0.2, 0.25) is 0 Å². The molecule has 3 rings (SSSR count). The van der Waals surface area contributed by atoms with Crippen molar-refractivity contribution in [2.75, 3.05) is 5.75 Å². The zero-order valence-corrected chi connectivity index (χ0v) is 13.1. The van der Waals surface area contributed by atoms with Crippen LogP contribution in [0.15, 0.2) is 39.8 Å². The number of nitrogens with zero attached hydrogens (tertiary/aromatic N) is 2. The third-order valence-electron chi connectivity index (χ3n) is 3.69. The molecule has 0 radical (unpaired) electrons. The van der Waals surface area contributed by atoms with E-state index in [-0.39, 0.29) is 17.1 Å². The number of sulfone groups is 1. The molecular weight excluding hydrogens is 344 g/mol. The highest BCUT2D eigenvalue weighted by atomic mass is 79.9. The van der Waals surface area contributed by atoms with Gasteiger partial charge >= 0.3 is 0 Å². The number of benzene rings is 1. The molecule has 1 aliphatic heterocycles. The van der Waals surface area contributed by atoms with Gasteiger partial charge in [0, 0.05) is 19.0 Å². The van der Waals surface area contributed by atoms with Gasteiger partial charge in [-0.05, 0) is 22.0 Å². The lowest BCUT2D eigenvalue weighted by Crippen LogP contribution is -2.38. The average Bonchev–Trinajstić information content (AvgIpc) is 2.75. The number of rotatable bonds is 1. The molecule has 0 aliphatic carbocycles. The Morgan fingerprint density at radius 2 is 2.10 bits per heavy atom. The van der Waals surface area contributed by atoms with Crippen LogP contribution in [0.25, 0.3) is 0 Å². The minimum atomic E-state index is -3.33. The molecule has 0 bridgehead atoms. The Kier molecular flexibility index (Phi) is 3.04. The molecule has 106 valence electrons. The molecule has 2 aromatic rings. The lowest BCUT2D eigenvalue weighted by Gasteiger charge is -2.34. The van der Waals surface area contributed by atoms with Crippen LogP contribution < -0.4 is 0 Å². The average molecular weight is 357 g/mol. The Hall–Kier alpha value is -1.18. The van der Waals surface area contributed by atoms with Crippen molar-refractivity contribution in [2.24, 2.45) is 7.05 Å². The molecule has 1 aromatic carbocycles. The van der Waals surface area contributed by atoms with Crippen molar-refractivity contribution in [3.63, 3.8) is 0 Å². The Labute approximate surface area is 125 Å². The maximum Gasteiger partial charge on any atom is 0.178 e. The van der Waals surface area contributed by atoms with Crippen molar-refractivity contribution in [2.45, 2.75) is 16.9 Å². The normalized spacial score (nSPS) is 24.4. The second-order valence-corrected chi connectivity index (χ2v) is 7.82. The first-order chi connectivity index (χ1) is 9.36.